The molecule has 3 amide bonds. The fourth-order valence-electron chi connectivity index (χ4n) is 2.82. The lowest BCUT2D eigenvalue weighted by Gasteiger charge is -2.11. The molecular formula is C24H22N2O6. The number of urea groups is 1. The van der Waals surface area contributed by atoms with Crippen LogP contribution >= 0.6 is 0 Å². The van der Waals surface area contributed by atoms with Gasteiger partial charge in [0.1, 0.15) is 11.5 Å². The first kappa shape index (κ1) is 22.4. The van der Waals surface area contributed by atoms with E-state index in [1.54, 1.807) is 54.6 Å². The van der Waals surface area contributed by atoms with Gasteiger partial charge in [0.2, 0.25) is 0 Å². The molecule has 0 atom stereocenters. The predicted octanol–water partition coefficient (Wildman–Crippen LogP) is 3.40. The number of furan rings is 1. The molecule has 0 spiro atoms. The third-order valence-electron chi connectivity index (χ3n) is 4.33. The van der Waals surface area contributed by atoms with Gasteiger partial charge in [-0.05, 0) is 29.8 Å². The number of rotatable bonds is 8. The Bertz CT molecular complexity index is 1090. The van der Waals surface area contributed by atoms with Crippen LogP contribution in [-0.2, 0) is 20.9 Å². The summed E-state index contributed by atoms with van der Waals surface area (Å²) >= 11 is 0. The normalized spacial score (nSPS) is 10.8. The summed E-state index contributed by atoms with van der Waals surface area (Å²) in [6, 6.07) is 18.7. The Balaban J connectivity index is 1.64. The van der Waals surface area contributed by atoms with Gasteiger partial charge in [0.15, 0.2) is 6.61 Å². The summed E-state index contributed by atoms with van der Waals surface area (Å²) in [5, 5.41) is 4.56. The Labute approximate surface area is 184 Å². The van der Waals surface area contributed by atoms with Crippen molar-refractivity contribution < 1.29 is 28.3 Å². The second kappa shape index (κ2) is 11.2. The maximum Gasteiger partial charge on any atom is 0.339 e. The summed E-state index contributed by atoms with van der Waals surface area (Å²) < 4.78 is 15.6. The molecule has 0 bridgehead atoms. The quantitative estimate of drug-likeness (QED) is 0.320. The minimum absolute atomic E-state index is 0.117. The van der Waals surface area contributed by atoms with Gasteiger partial charge in [0, 0.05) is 5.56 Å². The molecule has 0 unspecified atom stereocenters. The molecule has 0 saturated carbocycles. The van der Waals surface area contributed by atoms with Gasteiger partial charge in [0.25, 0.3) is 5.91 Å². The molecule has 8 heteroatoms. The number of hydrogen-bond donors (Lipinski definition) is 2. The number of imide groups is 1. The van der Waals surface area contributed by atoms with Crippen molar-refractivity contribution in [2.75, 3.05) is 13.7 Å². The molecule has 1 heterocycles. The highest BCUT2D eigenvalue weighted by Crippen LogP contribution is 2.25. The van der Waals surface area contributed by atoms with Crippen LogP contribution in [0.15, 0.2) is 77.4 Å². The standard InChI is InChI=1S/C24H22N2O6/c1-30-21-12-6-5-10-18(21)14-20(17-8-3-2-4-9-17)23(28)32-16-22(27)26-24(29)25-15-19-11-7-13-31-19/h2-14H,15-16H2,1H3,(H2,25,26,27,29)/b20-14+. The molecule has 0 aliphatic heterocycles. The highest BCUT2D eigenvalue weighted by atomic mass is 16.5. The van der Waals surface area contributed by atoms with Gasteiger partial charge in [-0.1, -0.05) is 48.5 Å². The van der Waals surface area contributed by atoms with Crippen molar-refractivity contribution in [1.82, 2.24) is 10.6 Å². The number of ether oxygens (including phenoxy) is 2. The van der Waals surface area contributed by atoms with Crippen LogP contribution in [0.25, 0.3) is 11.6 Å². The lowest BCUT2D eigenvalue weighted by atomic mass is 10.0. The van der Waals surface area contributed by atoms with Crippen LogP contribution in [0.4, 0.5) is 4.79 Å². The van der Waals surface area contributed by atoms with Crippen molar-refractivity contribution in [3.63, 3.8) is 0 Å². The van der Waals surface area contributed by atoms with Crippen LogP contribution in [0.2, 0.25) is 0 Å². The van der Waals surface area contributed by atoms with Crippen LogP contribution < -0.4 is 15.4 Å². The van der Waals surface area contributed by atoms with E-state index in [0.29, 0.717) is 22.6 Å². The maximum atomic E-state index is 12.8. The maximum absolute atomic E-state index is 12.8. The summed E-state index contributed by atoms with van der Waals surface area (Å²) in [6.45, 7) is -0.505. The van der Waals surface area contributed by atoms with Crippen LogP contribution in [0, 0.1) is 0 Å². The van der Waals surface area contributed by atoms with E-state index in [9.17, 15) is 14.4 Å². The topological polar surface area (TPSA) is 107 Å². The molecule has 8 nitrogen and oxygen atoms in total. The lowest BCUT2D eigenvalue weighted by Crippen LogP contribution is -2.41. The number of esters is 1. The fraction of sp³-hybridized carbons (Fsp3) is 0.125. The molecule has 3 aromatic rings. The molecule has 0 aliphatic carbocycles. The summed E-state index contributed by atoms with van der Waals surface area (Å²) in [6.07, 6.45) is 3.10. The highest BCUT2D eigenvalue weighted by molar-refractivity contribution is 6.22. The van der Waals surface area contributed by atoms with Gasteiger partial charge in [-0.15, -0.1) is 0 Å². The smallest absolute Gasteiger partial charge is 0.339 e. The Hall–Kier alpha value is -4.33. The summed E-state index contributed by atoms with van der Waals surface area (Å²) in [7, 11) is 1.54. The molecule has 2 aromatic carbocycles. The first-order chi connectivity index (χ1) is 15.6. The van der Waals surface area contributed by atoms with E-state index in [1.807, 2.05) is 18.2 Å². The van der Waals surface area contributed by atoms with Gasteiger partial charge >= 0.3 is 12.0 Å². The summed E-state index contributed by atoms with van der Waals surface area (Å²) in [5.41, 5.74) is 1.53. The number of carbonyl (C=O) groups is 3. The van der Waals surface area contributed by atoms with E-state index in [0.717, 1.165) is 0 Å². The average Bonchev–Trinajstić information content (AvgIpc) is 3.34. The van der Waals surface area contributed by atoms with Crippen molar-refractivity contribution in [3.05, 3.63) is 89.9 Å². The van der Waals surface area contributed by atoms with E-state index >= 15 is 0 Å². The van der Waals surface area contributed by atoms with Gasteiger partial charge in [0.05, 0.1) is 25.5 Å². The second-order valence-electron chi connectivity index (χ2n) is 6.55. The number of nitrogens with one attached hydrogen (secondary N) is 2. The minimum Gasteiger partial charge on any atom is -0.496 e. The SMILES string of the molecule is COc1ccccc1/C=C(/C(=O)OCC(=O)NC(=O)NCc1ccco1)c1ccccc1. The monoisotopic (exact) mass is 434 g/mol. The van der Waals surface area contributed by atoms with E-state index in [1.165, 1.54) is 13.4 Å². The van der Waals surface area contributed by atoms with Crippen molar-refractivity contribution in [2.24, 2.45) is 0 Å². The number of benzene rings is 2. The van der Waals surface area contributed by atoms with Crippen molar-refractivity contribution in [1.29, 1.82) is 0 Å². The first-order valence-electron chi connectivity index (χ1n) is 9.74. The second-order valence-corrected chi connectivity index (χ2v) is 6.55. The van der Waals surface area contributed by atoms with E-state index < -0.39 is 24.5 Å². The largest absolute Gasteiger partial charge is 0.496 e. The highest BCUT2D eigenvalue weighted by Gasteiger charge is 2.17. The molecule has 0 aliphatic rings. The minimum atomic E-state index is -0.764. The zero-order valence-corrected chi connectivity index (χ0v) is 17.4. The fourth-order valence-corrected chi connectivity index (χ4v) is 2.82. The Morgan fingerprint density at radius 1 is 0.969 bits per heavy atom. The van der Waals surface area contributed by atoms with E-state index in [2.05, 4.69) is 10.6 Å². The summed E-state index contributed by atoms with van der Waals surface area (Å²) in [4.78, 5) is 36.6. The first-order valence-corrected chi connectivity index (χ1v) is 9.74. The molecule has 0 saturated heterocycles. The van der Waals surface area contributed by atoms with Gasteiger partial charge < -0.3 is 19.2 Å². The molecule has 32 heavy (non-hydrogen) atoms. The van der Waals surface area contributed by atoms with Crippen LogP contribution in [0.3, 0.4) is 0 Å². The van der Waals surface area contributed by atoms with Crippen LogP contribution in [0.1, 0.15) is 16.9 Å². The van der Waals surface area contributed by atoms with Crippen molar-refractivity contribution >= 4 is 29.6 Å². The molecule has 0 fully saturated rings. The number of amides is 3. The lowest BCUT2D eigenvalue weighted by molar-refractivity contribution is -0.142. The number of para-hydroxylation sites is 1. The Kier molecular flexibility index (Phi) is 7.80. The average molecular weight is 434 g/mol. The van der Waals surface area contributed by atoms with E-state index in [-0.39, 0.29) is 12.1 Å². The van der Waals surface area contributed by atoms with Gasteiger partial charge in [-0.3, -0.25) is 10.1 Å². The molecule has 2 N–H and O–H groups in total. The van der Waals surface area contributed by atoms with Crippen molar-refractivity contribution in [2.45, 2.75) is 6.54 Å². The predicted molar refractivity (Wildman–Crippen MR) is 117 cm³/mol. The molecule has 1 aromatic heterocycles. The van der Waals surface area contributed by atoms with Crippen molar-refractivity contribution in [3.8, 4) is 5.75 Å². The molecule has 164 valence electrons. The number of carbonyl (C=O) groups excluding carboxylic acids is 3. The van der Waals surface area contributed by atoms with Gasteiger partial charge in [-0.2, -0.15) is 0 Å². The van der Waals surface area contributed by atoms with Crippen LogP contribution in [-0.4, -0.2) is 31.6 Å². The Morgan fingerprint density at radius 2 is 1.72 bits per heavy atom. The number of methoxy groups -OCH3 is 1. The molecule has 0 radical (unpaired) electrons. The molecular weight excluding hydrogens is 412 g/mol. The van der Waals surface area contributed by atoms with E-state index in [4.69, 9.17) is 13.9 Å². The zero-order valence-electron chi connectivity index (χ0n) is 17.4. The molecule has 3 rings (SSSR count). The van der Waals surface area contributed by atoms with Crippen LogP contribution in [0.5, 0.6) is 5.75 Å². The number of hydrogen-bond acceptors (Lipinski definition) is 6. The third-order valence-corrected chi connectivity index (χ3v) is 4.33. The Morgan fingerprint density at radius 3 is 2.44 bits per heavy atom. The third kappa shape index (κ3) is 6.33. The summed E-state index contributed by atoms with van der Waals surface area (Å²) in [5.74, 6) is -0.360. The van der Waals surface area contributed by atoms with Gasteiger partial charge in [-0.25, -0.2) is 9.59 Å². The zero-order chi connectivity index (χ0) is 22.8.